The van der Waals surface area contributed by atoms with E-state index in [1.54, 1.807) is 0 Å². The summed E-state index contributed by atoms with van der Waals surface area (Å²) in [5.74, 6) is 0. The fraction of sp³-hybridized carbons (Fsp3) is 1.00. The first kappa shape index (κ1) is 7.86. The first-order chi connectivity index (χ1) is 5.40. The van der Waals surface area contributed by atoms with Gasteiger partial charge in [0.2, 0.25) is 0 Å². The summed E-state index contributed by atoms with van der Waals surface area (Å²) in [5, 5.41) is 9.51. The number of hydrogen-bond donors (Lipinski definition) is 2. The molecule has 2 rings (SSSR count). The largest absolute Gasteiger partial charge is 0.314 e. The van der Waals surface area contributed by atoms with Gasteiger partial charge >= 0.3 is 0 Å². The number of likely N-dealkylation sites (tertiary alicyclic amines) is 1. The van der Waals surface area contributed by atoms with E-state index in [1.807, 2.05) is 0 Å². The van der Waals surface area contributed by atoms with E-state index in [0.29, 0.717) is 5.25 Å². The second kappa shape index (κ2) is 3.31. The number of nitrogens with zero attached hydrogens (tertiary/aromatic N) is 1. The van der Waals surface area contributed by atoms with Gasteiger partial charge in [0.15, 0.2) is 0 Å². The van der Waals surface area contributed by atoms with E-state index < -0.39 is 0 Å². The van der Waals surface area contributed by atoms with Crippen LogP contribution in [-0.2, 0) is 0 Å². The van der Waals surface area contributed by atoms with E-state index >= 15 is 0 Å². The normalized spacial score (nSPS) is 34.1. The van der Waals surface area contributed by atoms with Crippen LogP contribution in [-0.4, -0.2) is 42.4 Å². The topological polar surface area (TPSA) is 41.3 Å². The van der Waals surface area contributed by atoms with E-state index in [4.69, 9.17) is 5.14 Å². The van der Waals surface area contributed by atoms with Crippen molar-refractivity contribution in [2.24, 2.45) is 5.14 Å². The van der Waals surface area contributed by atoms with E-state index in [0.717, 1.165) is 6.04 Å². The average Bonchev–Trinajstić information content (AvgIpc) is 2.32. The number of hydrogen-bond acceptors (Lipinski definition) is 4. The quantitative estimate of drug-likeness (QED) is 0.560. The molecule has 2 aliphatic heterocycles. The van der Waals surface area contributed by atoms with Gasteiger partial charge in [-0.2, -0.15) is 0 Å². The Morgan fingerprint density at radius 1 is 1.45 bits per heavy atom. The Hall–Kier alpha value is 0.230. The standard InChI is InChI=1S/C7H15N3S/c8-11-7-1-2-10(5-7)6-3-9-4-6/h6-7,9H,1-5,8H2. The molecule has 2 fully saturated rings. The molecule has 3 nitrogen and oxygen atoms in total. The molecule has 3 N–H and O–H groups in total. The van der Waals surface area contributed by atoms with Crippen molar-refractivity contribution < 1.29 is 0 Å². The minimum atomic E-state index is 0.690. The third-order valence-electron chi connectivity index (χ3n) is 2.65. The van der Waals surface area contributed by atoms with Crippen molar-refractivity contribution in [3.05, 3.63) is 0 Å². The average molecular weight is 173 g/mol. The van der Waals surface area contributed by atoms with Crippen LogP contribution in [0.2, 0.25) is 0 Å². The Morgan fingerprint density at radius 2 is 2.27 bits per heavy atom. The fourth-order valence-electron chi connectivity index (χ4n) is 1.73. The summed E-state index contributed by atoms with van der Waals surface area (Å²) >= 11 is 1.53. The second-order valence-corrected chi connectivity index (χ2v) is 4.29. The predicted octanol–water partition coefficient (Wildman–Crippen LogP) is -0.361. The Bertz CT molecular complexity index is 138. The van der Waals surface area contributed by atoms with Crippen molar-refractivity contribution in [2.45, 2.75) is 17.7 Å². The SMILES string of the molecule is NSC1CCN(C2CNC2)C1. The van der Waals surface area contributed by atoms with Crippen LogP contribution in [0.15, 0.2) is 0 Å². The number of rotatable bonds is 2. The lowest BCUT2D eigenvalue weighted by Crippen LogP contribution is -2.56. The minimum absolute atomic E-state index is 0.690. The van der Waals surface area contributed by atoms with Gasteiger partial charge in [0.1, 0.15) is 0 Å². The third kappa shape index (κ3) is 1.54. The van der Waals surface area contributed by atoms with Crippen LogP contribution in [0.25, 0.3) is 0 Å². The summed E-state index contributed by atoms with van der Waals surface area (Å²) in [7, 11) is 0. The van der Waals surface area contributed by atoms with Gasteiger partial charge in [-0.3, -0.25) is 10.0 Å². The summed E-state index contributed by atoms with van der Waals surface area (Å²) in [6, 6.07) is 0.812. The molecule has 0 amide bonds. The first-order valence-corrected chi connectivity index (χ1v) is 5.14. The lowest BCUT2D eigenvalue weighted by Gasteiger charge is -2.35. The molecule has 1 unspecified atom stereocenters. The maximum Gasteiger partial charge on any atom is 0.0345 e. The van der Waals surface area contributed by atoms with Gasteiger partial charge < -0.3 is 5.32 Å². The van der Waals surface area contributed by atoms with Crippen molar-refractivity contribution in [1.29, 1.82) is 0 Å². The molecular weight excluding hydrogens is 158 g/mol. The Morgan fingerprint density at radius 3 is 2.73 bits per heavy atom. The van der Waals surface area contributed by atoms with Crippen LogP contribution in [0.3, 0.4) is 0 Å². The summed E-state index contributed by atoms with van der Waals surface area (Å²) in [5.41, 5.74) is 0. The molecule has 0 radical (unpaired) electrons. The molecule has 0 aliphatic carbocycles. The van der Waals surface area contributed by atoms with E-state index in [2.05, 4.69) is 10.2 Å². The van der Waals surface area contributed by atoms with E-state index in [1.165, 1.54) is 44.5 Å². The predicted molar refractivity (Wildman–Crippen MR) is 48.4 cm³/mol. The minimum Gasteiger partial charge on any atom is -0.314 e. The molecule has 0 spiro atoms. The molecule has 2 heterocycles. The van der Waals surface area contributed by atoms with Crippen molar-refractivity contribution in [3.8, 4) is 0 Å². The monoisotopic (exact) mass is 173 g/mol. The van der Waals surface area contributed by atoms with E-state index in [9.17, 15) is 0 Å². The number of nitrogens with two attached hydrogens (primary N) is 1. The highest BCUT2D eigenvalue weighted by Crippen LogP contribution is 2.21. The van der Waals surface area contributed by atoms with Crippen molar-refractivity contribution in [3.63, 3.8) is 0 Å². The summed E-state index contributed by atoms with van der Waals surface area (Å²) in [4.78, 5) is 2.56. The molecular formula is C7H15N3S. The molecule has 2 saturated heterocycles. The van der Waals surface area contributed by atoms with Crippen LogP contribution in [0.5, 0.6) is 0 Å². The highest BCUT2D eigenvalue weighted by Gasteiger charge is 2.30. The van der Waals surface area contributed by atoms with Crippen LogP contribution < -0.4 is 10.5 Å². The number of nitrogens with one attached hydrogen (secondary N) is 1. The lowest BCUT2D eigenvalue weighted by atomic mass is 10.1. The zero-order chi connectivity index (χ0) is 7.68. The molecule has 0 bridgehead atoms. The zero-order valence-electron chi connectivity index (χ0n) is 6.62. The molecule has 64 valence electrons. The molecule has 0 aromatic carbocycles. The molecule has 0 saturated carbocycles. The van der Waals surface area contributed by atoms with Gasteiger partial charge in [-0.05, 0) is 13.0 Å². The highest BCUT2D eigenvalue weighted by molar-refractivity contribution is 7.97. The molecule has 2 aliphatic rings. The van der Waals surface area contributed by atoms with E-state index in [-0.39, 0.29) is 0 Å². The van der Waals surface area contributed by atoms with Gasteiger partial charge in [0.25, 0.3) is 0 Å². The van der Waals surface area contributed by atoms with Gasteiger partial charge in [-0.15, -0.1) is 0 Å². The summed E-state index contributed by atoms with van der Waals surface area (Å²) in [6.07, 6.45) is 1.28. The van der Waals surface area contributed by atoms with Crippen LogP contribution in [0.4, 0.5) is 0 Å². The smallest absolute Gasteiger partial charge is 0.0345 e. The third-order valence-corrected chi connectivity index (χ3v) is 3.41. The summed E-state index contributed by atoms with van der Waals surface area (Å²) < 4.78 is 0. The van der Waals surface area contributed by atoms with Crippen LogP contribution in [0.1, 0.15) is 6.42 Å². The molecule has 0 aromatic heterocycles. The Kier molecular flexibility index (Phi) is 2.36. The van der Waals surface area contributed by atoms with Crippen molar-refractivity contribution >= 4 is 11.9 Å². The zero-order valence-corrected chi connectivity index (χ0v) is 7.44. The first-order valence-electron chi connectivity index (χ1n) is 4.20. The van der Waals surface area contributed by atoms with Gasteiger partial charge in [0.05, 0.1) is 0 Å². The van der Waals surface area contributed by atoms with Gasteiger partial charge in [0, 0.05) is 30.9 Å². The van der Waals surface area contributed by atoms with Crippen LogP contribution in [0, 0.1) is 0 Å². The molecule has 4 heteroatoms. The summed E-state index contributed by atoms with van der Waals surface area (Å²) in [6.45, 7) is 4.82. The fourth-order valence-corrected chi connectivity index (χ4v) is 2.25. The maximum atomic E-state index is 5.53. The van der Waals surface area contributed by atoms with Crippen molar-refractivity contribution in [2.75, 3.05) is 26.2 Å². The van der Waals surface area contributed by atoms with Gasteiger partial charge in [-0.1, -0.05) is 11.9 Å². The Labute approximate surface area is 71.8 Å². The molecule has 11 heavy (non-hydrogen) atoms. The highest BCUT2D eigenvalue weighted by atomic mass is 32.2. The van der Waals surface area contributed by atoms with Crippen LogP contribution >= 0.6 is 11.9 Å². The molecule has 0 aromatic rings. The van der Waals surface area contributed by atoms with Gasteiger partial charge in [-0.25, -0.2) is 0 Å². The second-order valence-electron chi connectivity index (χ2n) is 3.35. The maximum absolute atomic E-state index is 5.53. The lowest BCUT2D eigenvalue weighted by molar-refractivity contribution is 0.180. The Balaban J connectivity index is 1.79. The van der Waals surface area contributed by atoms with Crippen molar-refractivity contribution in [1.82, 2.24) is 10.2 Å². The molecule has 1 atom stereocenters.